The molecule has 1 heterocycles. The minimum absolute atomic E-state index is 0.00178. The van der Waals surface area contributed by atoms with Crippen LogP contribution in [0.5, 0.6) is 0 Å². The van der Waals surface area contributed by atoms with Crippen LogP contribution in [0, 0.1) is 6.92 Å². The van der Waals surface area contributed by atoms with Gasteiger partial charge in [0.1, 0.15) is 0 Å². The molecule has 94 valence electrons. The Kier molecular flexibility index (Phi) is 4.64. The number of aromatic nitrogens is 1. The molecule has 0 saturated carbocycles. The van der Waals surface area contributed by atoms with E-state index in [-0.39, 0.29) is 6.04 Å². The number of thioether (sulfide) groups is 1. The Bertz CT molecular complexity index is 513. The van der Waals surface area contributed by atoms with Gasteiger partial charge in [-0.3, -0.25) is 4.98 Å². The minimum Gasteiger partial charge on any atom is -0.323 e. The average molecular weight is 279 g/mol. The lowest BCUT2D eigenvalue weighted by atomic mass is 10.1. The van der Waals surface area contributed by atoms with Gasteiger partial charge in [-0.25, -0.2) is 0 Å². The number of hydrogen-bond acceptors (Lipinski definition) is 3. The zero-order chi connectivity index (χ0) is 13.0. The molecule has 2 N–H and O–H groups in total. The molecular formula is C14H15ClN2S. The topological polar surface area (TPSA) is 38.9 Å². The Labute approximate surface area is 117 Å². The molecule has 2 aromatic rings. The van der Waals surface area contributed by atoms with Crippen LogP contribution in [0.25, 0.3) is 0 Å². The first-order chi connectivity index (χ1) is 8.65. The summed E-state index contributed by atoms with van der Waals surface area (Å²) in [6, 6.07) is 9.88. The molecule has 18 heavy (non-hydrogen) atoms. The lowest BCUT2D eigenvalue weighted by molar-refractivity contribution is 0.822. The van der Waals surface area contributed by atoms with Gasteiger partial charge < -0.3 is 5.73 Å². The van der Waals surface area contributed by atoms with Gasteiger partial charge in [0.25, 0.3) is 0 Å². The second-order valence-corrected chi connectivity index (χ2v) is 5.70. The first-order valence-corrected chi connectivity index (χ1v) is 7.07. The number of benzene rings is 1. The van der Waals surface area contributed by atoms with Crippen LogP contribution >= 0.6 is 23.4 Å². The molecule has 0 radical (unpaired) electrons. The Morgan fingerprint density at radius 1 is 1.28 bits per heavy atom. The molecule has 2 rings (SSSR count). The number of halogens is 1. The highest BCUT2D eigenvalue weighted by Gasteiger charge is 2.07. The highest BCUT2D eigenvalue weighted by Crippen LogP contribution is 2.24. The summed E-state index contributed by atoms with van der Waals surface area (Å²) >= 11 is 7.57. The predicted octanol–water partition coefficient (Wildman–Crippen LogP) is 3.84. The molecule has 0 fully saturated rings. The van der Waals surface area contributed by atoms with Crippen molar-refractivity contribution in [3.8, 4) is 0 Å². The molecule has 1 unspecified atom stereocenters. The first kappa shape index (κ1) is 13.4. The molecule has 0 spiro atoms. The van der Waals surface area contributed by atoms with Crippen LogP contribution in [0.2, 0.25) is 5.02 Å². The monoisotopic (exact) mass is 278 g/mol. The summed E-state index contributed by atoms with van der Waals surface area (Å²) in [7, 11) is 0. The third-order valence-electron chi connectivity index (χ3n) is 2.57. The van der Waals surface area contributed by atoms with Crippen molar-refractivity contribution in [1.29, 1.82) is 0 Å². The van der Waals surface area contributed by atoms with Gasteiger partial charge >= 0.3 is 0 Å². The van der Waals surface area contributed by atoms with Crippen molar-refractivity contribution in [3.05, 3.63) is 58.9 Å². The molecule has 0 aliphatic rings. The third kappa shape index (κ3) is 3.73. The van der Waals surface area contributed by atoms with E-state index >= 15 is 0 Å². The molecule has 0 amide bonds. The van der Waals surface area contributed by atoms with E-state index in [2.05, 4.69) is 11.1 Å². The molecular weight excluding hydrogens is 264 g/mol. The van der Waals surface area contributed by atoms with Gasteiger partial charge in [-0.1, -0.05) is 17.7 Å². The second kappa shape index (κ2) is 6.23. The molecule has 0 saturated heterocycles. The number of nitrogens with two attached hydrogens (primary N) is 1. The van der Waals surface area contributed by atoms with Crippen LogP contribution < -0.4 is 5.73 Å². The fourth-order valence-electron chi connectivity index (χ4n) is 1.59. The minimum atomic E-state index is -0.00178. The SMILES string of the molecule is Cc1cncc(C(N)CSc2ccc(Cl)cc2)c1. The highest BCUT2D eigenvalue weighted by molar-refractivity contribution is 7.99. The summed E-state index contributed by atoms with van der Waals surface area (Å²) in [5.74, 6) is 0.826. The third-order valence-corrected chi connectivity index (χ3v) is 3.95. The summed E-state index contributed by atoms with van der Waals surface area (Å²) < 4.78 is 0. The molecule has 0 bridgehead atoms. The lowest BCUT2D eigenvalue weighted by Gasteiger charge is -2.11. The Morgan fingerprint density at radius 3 is 2.67 bits per heavy atom. The zero-order valence-corrected chi connectivity index (χ0v) is 11.7. The van der Waals surface area contributed by atoms with Crippen LogP contribution in [0.1, 0.15) is 17.2 Å². The van der Waals surface area contributed by atoms with E-state index < -0.39 is 0 Å². The van der Waals surface area contributed by atoms with Gasteiger partial charge in [-0.15, -0.1) is 11.8 Å². The fourth-order valence-corrected chi connectivity index (χ4v) is 2.61. The van der Waals surface area contributed by atoms with E-state index in [9.17, 15) is 0 Å². The number of aryl methyl sites for hydroxylation is 1. The molecule has 0 aliphatic carbocycles. The lowest BCUT2D eigenvalue weighted by Crippen LogP contribution is -2.13. The van der Waals surface area contributed by atoms with E-state index in [0.29, 0.717) is 0 Å². The summed E-state index contributed by atoms with van der Waals surface area (Å²) in [5.41, 5.74) is 8.37. The van der Waals surface area contributed by atoms with Crippen LogP contribution in [0.4, 0.5) is 0 Å². The summed E-state index contributed by atoms with van der Waals surface area (Å²) in [6.07, 6.45) is 3.67. The standard InChI is InChI=1S/C14H15ClN2S/c1-10-6-11(8-17-7-10)14(16)9-18-13-4-2-12(15)3-5-13/h2-8,14H,9,16H2,1H3. The van der Waals surface area contributed by atoms with Crippen molar-refractivity contribution < 1.29 is 0 Å². The quantitative estimate of drug-likeness (QED) is 0.864. The van der Waals surface area contributed by atoms with Gasteiger partial charge in [-0.05, 0) is 42.3 Å². The van der Waals surface area contributed by atoms with E-state index in [1.54, 1.807) is 11.8 Å². The zero-order valence-electron chi connectivity index (χ0n) is 10.1. The molecule has 4 heteroatoms. The maximum Gasteiger partial charge on any atom is 0.0406 e. The van der Waals surface area contributed by atoms with Gasteiger partial charge in [0.15, 0.2) is 0 Å². The predicted molar refractivity (Wildman–Crippen MR) is 78.1 cm³/mol. The Hall–Kier alpha value is -1.03. The highest BCUT2D eigenvalue weighted by atomic mass is 35.5. The summed E-state index contributed by atoms with van der Waals surface area (Å²) in [6.45, 7) is 2.02. The van der Waals surface area contributed by atoms with Crippen LogP contribution in [-0.2, 0) is 0 Å². The number of pyridine rings is 1. The Morgan fingerprint density at radius 2 is 2.00 bits per heavy atom. The molecule has 0 aliphatic heterocycles. The molecule has 1 atom stereocenters. The number of nitrogens with zero attached hydrogens (tertiary/aromatic N) is 1. The average Bonchev–Trinajstić information content (AvgIpc) is 2.38. The maximum atomic E-state index is 6.15. The molecule has 2 nitrogen and oxygen atoms in total. The van der Waals surface area contributed by atoms with Crippen molar-refractivity contribution in [2.24, 2.45) is 5.73 Å². The van der Waals surface area contributed by atoms with E-state index in [4.69, 9.17) is 17.3 Å². The van der Waals surface area contributed by atoms with Crippen LogP contribution in [0.15, 0.2) is 47.6 Å². The number of rotatable bonds is 4. The summed E-state index contributed by atoms with van der Waals surface area (Å²) in [4.78, 5) is 5.34. The van der Waals surface area contributed by atoms with E-state index in [1.807, 2.05) is 43.6 Å². The van der Waals surface area contributed by atoms with Gasteiger partial charge in [0.2, 0.25) is 0 Å². The van der Waals surface area contributed by atoms with Crippen molar-refractivity contribution >= 4 is 23.4 Å². The number of hydrogen-bond donors (Lipinski definition) is 1. The van der Waals surface area contributed by atoms with Gasteiger partial charge in [0, 0.05) is 34.1 Å². The maximum absolute atomic E-state index is 6.15. The van der Waals surface area contributed by atoms with Crippen LogP contribution in [-0.4, -0.2) is 10.7 Å². The largest absolute Gasteiger partial charge is 0.323 e. The van der Waals surface area contributed by atoms with Crippen LogP contribution in [0.3, 0.4) is 0 Å². The van der Waals surface area contributed by atoms with Crippen molar-refractivity contribution in [2.45, 2.75) is 17.9 Å². The Balaban J connectivity index is 1.96. The summed E-state index contributed by atoms with van der Waals surface area (Å²) in [5, 5.41) is 0.756. The molecule has 1 aromatic carbocycles. The second-order valence-electron chi connectivity index (χ2n) is 4.17. The van der Waals surface area contributed by atoms with E-state index in [1.165, 1.54) is 4.90 Å². The van der Waals surface area contributed by atoms with Crippen molar-refractivity contribution in [1.82, 2.24) is 4.98 Å². The van der Waals surface area contributed by atoms with Gasteiger partial charge in [-0.2, -0.15) is 0 Å². The smallest absolute Gasteiger partial charge is 0.0406 e. The van der Waals surface area contributed by atoms with Crippen molar-refractivity contribution in [3.63, 3.8) is 0 Å². The molecule has 1 aromatic heterocycles. The fraction of sp³-hybridized carbons (Fsp3) is 0.214. The normalized spacial score (nSPS) is 12.4. The van der Waals surface area contributed by atoms with E-state index in [0.717, 1.165) is 21.9 Å². The van der Waals surface area contributed by atoms with Crippen molar-refractivity contribution in [2.75, 3.05) is 5.75 Å². The van der Waals surface area contributed by atoms with Gasteiger partial charge in [0.05, 0.1) is 0 Å². The first-order valence-electron chi connectivity index (χ1n) is 5.70.